The molecule has 23 heavy (non-hydrogen) atoms. The first-order valence-electron chi connectivity index (χ1n) is 7.97. The van der Waals surface area contributed by atoms with E-state index in [0.717, 1.165) is 0 Å². The molecule has 4 heteroatoms. The first kappa shape index (κ1) is 17.3. The van der Waals surface area contributed by atoms with Crippen molar-refractivity contribution in [3.63, 3.8) is 0 Å². The molecule has 124 valence electrons. The van der Waals surface area contributed by atoms with Gasteiger partial charge in [-0.2, -0.15) is 0 Å². The Kier molecular flexibility index (Phi) is 6.91. The monoisotopic (exact) mass is 316 g/mol. The SMILES string of the molecule is CCC(O)C(Oc1ccccc1)C(CCO)Oc1ccccc1. The molecule has 4 nitrogen and oxygen atoms in total. The average molecular weight is 316 g/mol. The fraction of sp³-hybridized carbons (Fsp3) is 0.368. The van der Waals surface area contributed by atoms with Gasteiger partial charge in [0.2, 0.25) is 0 Å². The quantitative estimate of drug-likeness (QED) is 0.746. The van der Waals surface area contributed by atoms with Gasteiger partial charge in [0.1, 0.15) is 17.6 Å². The molecule has 0 aliphatic carbocycles. The van der Waals surface area contributed by atoms with Crippen LogP contribution in [0.2, 0.25) is 0 Å². The van der Waals surface area contributed by atoms with Crippen molar-refractivity contribution in [1.82, 2.24) is 0 Å². The molecule has 0 aliphatic rings. The predicted molar refractivity (Wildman–Crippen MR) is 89.7 cm³/mol. The zero-order valence-electron chi connectivity index (χ0n) is 13.3. The fourth-order valence-electron chi connectivity index (χ4n) is 2.38. The molecule has 0 saturated heterocycles. The molecular formula is C19H24O4. The van der Waals surface area contributed by atoms with Crippen molar-refractivity contribution in [3.8, 4) is 11.5 Å². The summed E-state index contributed by atoms with van der Waals surface area (Å²) in [4.78, 5) is 0. The Labute approximate surface area is 137 Å². The Hall–Kier alpha value is -2.04. The number of rotatable bonds is 9. The van der Waals surface area contributed by atoms with Gasteiger partial charge in [-0.05, 0) is 30.7 Å². The van der Waals surface area contributed by atoms with E-state index in [1.54, 1.807) is 0 Å². The average Bonchev–Trinajstić information content (AvgIpc) is 2.60. The van der Waals surface area contributed by atoms with Crippen LogP contribution in [-0.2, 0) is 0 Å². The van der Waals surface area contributed by atoms with Crippen LogP contribution in [0.25, 0.3) is 0 Å². The highest BCUT2D eigenvalue weighted by molar-refractivity contribution is 5.23. The molecule has 2 aromatic rings. The van der Waals surface area contributed by atoms with E-state index < -0.39 is 18.3 Å². The van der Waals surface area contributed by atoms with Gasteiger partial charge in [-0.25, -0.2) is 0 Å². The highest BCUT2D eigenvalue weighted by atomic mass is 16.6. The van der Waals surface area contributed by atoms with E-state index in [1.807, 2.05) is 67.6 Å². The van der Waals surface area contributed by atoms with Crippen molar-refractivity contribution in [2.24, 2.45) is 0 Å². The number of benzene rings is 2. The van der Waals surface area contributed by atoms with E-state index in [-0.39, 0.29) is 6.61 Å². The van der Waals surface area contributed by atoms with Crippen molar-refractivity contribution in [1.29, 1.82) is 0 Å². The lowest BCUT2D eigenvalue weighted by Crippen LogP contribution is -2.45. The summed E-state index contributed by atoms with van der Waals surface area (Å²) in [7, 11) is 0. The van der Waals surface area contributed by atoms with E-state index in [1.165, 1.54) is 0 Å². The molecular weight excluding hydrogens is 292 g/mol. The van der Waals surface area contributed by atoms with Crippen LogP contribution in [0.1, 0.15) is 19.8 Å². The van der Waals surface area contributed by atoms with Crippen LogP contribution >= 0.6 is 0 Å². The minimum absolute atomic E-state index is 0.0391. The van der Waals surface area contributed by atoms with Gasteiger partial charge in [0.15, 0.2) is 6.10 Å². The van der Waals surface area contributed by atoms with Crippen molar-refractivity contribution >= 4 is 0 Å². The van der Waals surface area contributed by atoms with E-state index >= 15 is 0 Å². The Morgan fingerprint density at radius 2 is 1.39 bits per heavy atom. The third-order valence-corrected chi connectivity index (χ3v) is 3.62. The molecule has 2 aromatic carbocycles. The van der Waals surface area contributed by atoms with Gasteiger partial charge < -0.3 is 19.7 Å². The molecule has 0 aromatic heterocycles. The molecule has 3 unspecified atom stereocenters. The second kappa shape index (κ2) is 9.18. The van der Waals surface area contributed by atoms with Crippen molar-refractivity contribution in [2.45, 2.75) is 38.1 Å². The van der Waals surface area contributed by atoms with Crippen molar-refractivity contribution in [3.05, 3.63) is 60.7 Å². The van der Waals surface area contributed by atoms with Gasteiger partial charge in [0.25, 0.3) is 0 Å². The van der Waals surface area contributed by atoms with E-state index in [2.05, 4.69) is 0 Å². The summed E-state index contributed by atoms with van der Waals surface area (Å²) in [6.07, 6.45) is -0.774. The first-order chi connectivity index (χ1) is 11.2. The highest BCUT2D eigenvalue weighted by Crippen LogP contribution is 2.22. The maximum absolute atomic E-state index is 10.4. The van der Waals surface area contributed by atoms with Gasteiger partial charge >= 0.3 is 0 Å². The maximum Gasteiger partial charge on any atom is 0.161 e. The molecule has 0 aliphatic heterocycles. The van der Waals surface area contributed by atoms with E-state index in [0.29, 0.717) is 24.3 Å². The van der Waals surface area contributed by atoms with Crippen LogP contribution in [-0.4, -0.2) is 35.1 Å². The summed E-state index contributed by atoms with van der Waals surface area (Å²) in [5, 5.41) is 19.7. The summed E-state index contributed by atoms with van der Waals surface area (Å²) in [6.45, 7) is 1.85. The predicted octanol–water partition coefficient (Wildman–Crippen LogP) is 3.03. The van der Waals surface area contributed by atoms with E-state index in [9.17, 15) is 10.2 Å². The van der Waals surface area contributed by atoms with Gasteiger partial charge in [-0.15, -0.1) is 0 Å². The normalized spacial score (nSPS) is 14.7. The van der Waals surface area contributed by atoms with Crippen LogP contribution in [0.5, 0.6) is 11.5 Å². The largest absolute Gasteiger partial charge is 0.486 e. The third kappa shape index (κ3) is 5.27. The molecule has 0 spiro atoms. The van der Waals surface area contributed by atoms with Gasteiger partial charge in [0, 0.05) is 13.0 Å². The number of hydrogen-bond donors (Lipinski definition) is 2. The molecule has 0 saturated carbocycles. The number of aliphatic hydroxyl groups excluding tert-OH is 2. The van der Waals surface area contributed by atoms with E-state index in [4.69, 9.17) is 9.47 Å². The molecule has 2 rings (SSSR count). The summed E-state index contributed by atoms with van der Waals surface area (Å²) >= 11 is 0. The van der Waals surface area contributed by atoms with Gasteiger partial charge in [-0.1, -0.05) is 43.3 Å². The molecule has 0 amide bonds. The second-order valence-electron chi connectivity index (χ2n) is 5.35. The zero-order chi connectivity index (χ0) is 16.5. The lowest BCUT2D eigenvalue weighted by Gasteiger charge is -2.31. The standard InChI is InChI=1S/C19H24O4/c1-2-17(21)19(23-16-11-7-4-8-12-16)18(13-14-20)22-15-9-5-3-6-10-15/h3-12,17-21H,2,13-14H2,1H3. The number of hydrogen-bond acceptors (Lipinski definition) is 4. The lowest BCUT2D eigenvalue weighted by atomic mass is 10.0. The molecule has 0 fully saturated rings. The smallest absolute Gasteiger partial charge is 0.161 e. The highest BCUT2D eigenvalue weighted by Gasteiger charge is 2.31. The van der Waals surface area contributed by atoms with Crippen LogP contribution in [0, 0.1) is 0 Å². The Morgan fingerprint density at radius 1 is 0.870 bits per heavy atom. The fourth-order valence-corrected chi connectivity index (χ4v) is 2.38. The number of para-hydroxylation sites is 2. The Balaban J connectivity index is 2.18. The topological polar surface area (TPSA) is 58.9 Å². The number of ether oxygens (including phenoxy) is 2. The molecule has 0 bridgehead atoms. The summed E-state index contributed by atoms with van der Waals surface area (Å²) < 4.78 is 11.9. The third-order valence-electron chi connectivity index (χ3n) is 3.62. The van der Waals surface area contributed by atoms with Gasteiger partial charge in [-0.3, -0.25) is 0 Å². The minimum atomic E-state index is -0.685. The van der Waals surface area contributed by atoms with Crippen molar-refractivity contribution in [2.75, 3.05) is 6.61 Å². The van der Waals surface area contributed by atoms with Crippen LogP contribution < -0.4 is 9.47 Å². The zero-order valence-corrected chi connectivity index (χ0v) is 13.3. The lowest BCUT2D eigenvalue weighted by molar-refractivity contribution is -0.0416. The van der Waals surface area contributed by atoms with Crippen LogP contribution in [0.3, 0.4) is 0 Å². The maximum atomic E-state index is 10.4. The number of aliphatic hydroxyl groups is 2. The molecule has 2 N–H and O–H groups in total. The molecule has 0 radical (unpaired) electrons. The van der Waals surface area contributed by atoms with Crippen LogP contribution in [0.4, 0.5) is 0 Å². The molecule has 0 heterocycles. The summed E-state index contributed by atoms with van der Waals surface area (Å²) in [5.41, 5.74) is 0. The van der Waals surface area contributed by atoms with Gasteiger partial charge in [0.05, 0.1) is 6.10 Å². The Bertz CT molecular complexity index is 544. The molecule has 3 atom stereocenters. The summed E-state index contributed by atoms with van der Waals surface area (Å²) in [5.74, 6) is 1.36. The first-order valence-corrected chi connectivity index (χ1v) is 7.97. The van der Waals surface area contributed by atoms with Crippen LogP contribution in [0.15, 0.2) is 60.7 Å². The van der Waals surface area contributed by atoms with Crippen molar-refractivity contribution < 1.29 is 19.7 Å². The second-order valence-corrected chi connectivity index (χ2v) is 5.35. The summed E-state index contributed by atoms with van der Waals surface area (Å²) in [6, 6.07) is 18.7. The minimum Gasteiger partial charge on any atom is -0.486 e. The Morgan fingerprint density at radius 3 is 1.87 bits per heavy atom.